The number of methoxy groups -OCH3 is 1. The summed E-state index contributed by atoms with van der Waals surface area (Å²) >= 11 is 21.0. The molecule has 0 saturated carbocycles. The molecule has 0 spiro atoms. The molecular weight excluding hydrogens is 499 g/mol. The fourth-order valence-corrected chi connectivity index (χ4v) is 3.99. The van der Waals surface area contributed by atoms with Crippen molar-refractivity contribution in [2.75, 3.05) is 12.5 Å². The van der Waals surface area contributed by atoms with Crippen molar-refractivity contribution in [3.8, 4) is 11.5 Å². The molecule has 0 fully saturated rings. The third-order valence-electron chi connectivity index (χ3n) is 4.18. The molecule has 0 radical (unpaired) electrons. The van der Waals surface area contributed by atoms with Crippen molar-refractivity contribution in [1.29, 1.82) is 0 Å². The molecule has 0 aliphatic carbocycles. The summed E-state index contributed by atoms with van der Waals surface area (Å²) in [7, 11) is 1.60. The van der Waals surface area contributed by atoms with Crippen molar-refractivity contribution in [3.63, 3.8) is 0 Å². The minimum atomic E-state index is 0.284. The Morgan fingerprint density at radius 2 is 2.07 bits per heavy atom. The highest BCUT2D eigenvalue weighted by molar-refractivity contribution is 9.10. The van der Waals surface area contributed by atoms with Gasteiger partial charge in [-0.15, -0.1) is 0 Å². The van der Waals surface area contributed by atoms with Crippen LogP contribution in [0.25, 0.3) is 0 Å². The smallest absolute Gasteiger partial charge is 0.214 e. The number of halogens is 3. The van der Waals surface area contributed by atoms with Crippen LogP contribution in [0.1, 0.15) is 23.9 Å². The van der Waals surface area contributed by atoms with Crippen LogP contribution >= 0.6 is 51.3 Å². The van der Waals surface area contributed by atoms with Crippen molar-refractivity contribution in [3.05, 3.63) is 66.6 Å². The van der Waals surface area contributed by atoms with Gasteiger partial charge >= 0.3 is 0 Å². The van der Waals surface area contributed by atoms with E-state index in [1.54, 1.807) is 23.9 Å². The van der Waals surface area contributed by atoms with E-state index >= 15 is 0 Å². The number of hydrogen-bond acceptors (Lipinski definition) is 5. The van der Waals surface area contributed by atoms with Crippen molar-refractivity contribution >= 4 is 51.3 Å². The minimum Gasteiger partial charge on any atom is -0.493 e. The maximum atomic E-state index is 6.23. The highest BCUT2D eigenvalue weighted by atomic mass is 79.9. The second-order valence-electron chi connectivity index (χ2n) is 6.10. The van der Waals surface area contributed by atoms with Crippen LogP contribution < -0.4 is 14.9 Å². The number of rotatable bonds is 8. The Kier molecular flexibility index (Phi) is 7.45. The lowest BCUT2D eigenvalue weighted by Crippen LogP contribution is -2.17. The van der Waals surface area contributed by atoms with Crippen LogP contribution in [0.3, 0.4) is 0 Å². The van der Waals surface area contributed by atoms with Gasteiger partial charge in [-0.05, 0) is 58.0 Å². The maximum absolute atomic E-state index is 6.23. The average molecular weight is 518 g/mol. The zero-order valence-corrected chi connectivity index (χ0v) is 19.7. The molecule has 0 atom stereocenters. The molecule has 1 heterocycles. The lowest BCUT2D eigenvalue weighted by molar-refractivity contribution is 0.282. The number of H-pyrrole nitrogens is 1. The Morgan fingerprint density at radius 3 is 2.76 bits per heavy atom. The van der Waals surface area contributed by atoms with Gasteiger partial charge < -0.3 is 14.9 Å². The van der Waals surface area contributed by atoms with Crippen molar-refractivity contribution < 1.29 is 9.47 Å². The van der Waals surface area contributed by atoms with Gasteiger partial charge in [-0.1, -0.05) is 36.2 Å². The third-order valence-corrected chi connectivity index (χ3v) is 5.63. The molecule has 0 amide bonds. The Labute approximate surface area is 192 Å². The zero-order valence-electron chi connectivity index (χ0n) is 15.8. The van der Waals surface area contributed by atoms with Crippen LogP contribution in [-0.4, -0.2) is 22.0 Å². The summed E-state index contributed by atoms with van der Waals surface area (Å²) in [6, 6.07) is 9.17. The molecule has 10 heteroatoms. The van der Waals surface area contributed by atoms with Crippen LogP contribution in [-0.2, 0) is 19.6 Å². The number of nitrogens with one attached hydrogen (secondary N) is 2. The number of aromatic amines is 1. The molecule has 0 aliphatic heterocycles. The van der Waals surface area contributed by atoms with Crippen molar-refractivity contribution in [2.24, 2.45) is 0 Å². The van der Waals surface area contributed by atoms with Gasteiger partial charge in [0, 0.05) is 22.0 Å². The number of aryl methyl sites for hydroxylation is 1. The van der Waals surface area contributed by atoms with E-state index in [0.29, 0.717) is 32.9 Å². The van der Waals surface area contributed by atoms with E-state index in [1.807, 2.05) is 25.1 Å². The van der Waals surface area contributed by atoms with E-state index in [4.69, 9.17) is 44.9 Å². The standard InChI is InChI=1S/C19H19BrCl2N4O2S/c1-3-17-24-25-19(29)26(17)23-9-11-6-14(20)18(16(7-11)27-2)28-10-12-4-5-13(21)8-15(12)22/h4-8,23H,3,9-10H2,1-2H3,(H,25,29). The molecular formula is C19H19BrCl2N4O2S. The molecule has 3 aromatic rings. The molecule has 29 heavy (non-hydrogen) atoms. The summed E-state index contributed by atoms with van der Waals surface area (Å²) in [6.07, 6.45) is 0.757. The molecule has 154 valence electrons. The molecule has 3 rings (SSSR count). The lowest BCUT2D eigenvalue weighted by Gasteiger charge is -2.16. The Hall–Kier alpha value is -1.74. The van der Waals surface area contributed by atoms with E-state index in [-0.39, 0.29) is 6.61 Å². The first-order valence-corrected chi connectivity index (χ1v) is 10.7. The quantitative estimate of drug-likeness (QED) is 0.364. The van der Waals surface area contributed by atoms with Gasteiger partial charge in [-0.25, -0.2) is 4.68 Å². The molecule has 2 aromatic carbocycles. The van der Waals surface area contributed by atoms with Crippen LogP contribution in [0.15, 0.2) is 34.8 Å². The van der Waals surface area contributed by atoms with E-state index in [1.165, 1.54) is 0 Å². The SMILES string of the molecule is CCc1n[nH]c(=S)n1NCc1cc(Br)c(OCc2ccc(Cl)cc2Cl)c(OC)c1. The van der Waals surface area contributed by atoms with Gasteiger partial charge in [0.25, 0.3) is 0 Å². The molecule has 0 aliphatic rings. The molecule has 6 nitrogen and oxygen atoms in total. The van der Waals surface area contributed by atoms with Crippen molar-refractivity contribution in [2.45, 2.75) is 26.5 Å². The number of benzene rings is 2. The van der Waals surface area contributed by atoms with Crippen molar-refractivity contribution in [1.82, 2.24) is 14.9 Å². The molecule has 0 saturated heterocycles. The monoisotopic (exact) mass is 516 g/mol. The first-order valence-electron chi connectivity index (χ1n) is 8.76. The Morgan fingerprint density at radius 1 is 1.28 bits per heavy atom. The topological polar surface area (TPSA) is 64.1 Å². The summed E-state index contributed by atoms with van der Waals surface area (Å²) in [5, 5.41) is 8.11. The van der Waals surface area contributed by atoms with Crippen LogP contribution in [0.5, 0.6) is 11.5 Å². The fourth-order valence-electron chi connectivity index (χ4n) is 2.70. The zero-order chi connectivity index (χ0) is 21.0. The average Bonchev–Trinajstić information content (AvgIpc) is 3.06. The number of aromatic nitrogens is 3. The number of ether oxygens (including phenoxy) is 2. The second-order valence-corrected chi connectivity index (χ2v) is 8.19. The van der Waals surface area contributed by atoms with E-state index in [9.17, 15) is 0 Å². The fraction of sp³-hybridized carbons (Fsp3) is 0.263. The molecule has 0 bridgehead atoms. The first-order chi connectivity index (χ1) is 13.9. The second kappa shape index (κ2) is 9.84. The lowest BCUT2D eigenvalue weighted by atomic mass is 10.2. The van der Waals surface area contributed by atoms with Gasteiger partial charge in [0.05, 0.1) is 18.1 Å². The predicted octanol–water partition coefficient (Wildman–Crippen LogP) is 5.90. The summed E-state index contributed by atoms with van der Waals surface area (Å²) in [5.41, 5.74) is 5.08. The number of hydrogen-bond donors (Lipinski definition) is 2. The predicted molar refractivity (Wildman–Crippen MR) is 121 cm³/mol. The molecule has 0 unspecified atom stereocenters. The summed E-state index contributed by atoms with van der Waals surface area (Å²) in [4.78, 5) is 0. The molecule has 2 N–H and O–H groups in total. The van der Waals surface area contributed by atoms with Gasteiger partial charge in [-0.3, -0.25) is 5.10 Å². The van der Waals surface area contributed by atoms with Gasteiger partial charge in [0.1, 0.15) is 6.61 Å². The number of nitrogens with zero attached hydrogens (tertiary/aromatic N) is 2. The van der Waals surface area contributed by atoms with Crippen LogP contribution in [0.2, 0.25) is 10.0 Å². The normalized spacial score (nSPS) is 10.8. The van der Waals surface area contributed by atoms with Gasteiger partial charge in [0.2, 0.25) is 4.77 Å². The highest BCUT2D eigenvalue weighted by Crippen LogP contribution is 2.37. The van der Waals surface area contributed by atoms with E-state index in [0.717, 1.165) is 27.8 Å². The van der Waals surface area contributed by atoms with Gasteiger partial charge in [-0.2, -0.15) is 5.10 Å². The summed E-state index contributed by atoms with van der Waals surface area (Å²) in [5.74, 6) is 2.03. The summed E-state index contributed by atoms with van der Waals surface area (Å²) in [6.45, 7) is 2.83. The van der Waals surface area contributed by atoms with Gasteiger partial charge in [0.15, 0.2) is 17.3 Å². The van der Waals surface area contributed by atoms with E-state index in [2.05, 4.69) is 31.6 Å². The highest BCUT2D eigenvalue weighted by Gasteiger charge is 2.14. The third kappa shape index (κ3) is 5.25. The molecule has 1 aromatic heterocycles. The largest absolute Gasteiger partial charge is 0.493 e. The first kappa shape index (κ1) is 22.0. The van der Waals surface area contributed by atoms with Crippen LogP contribution in [0, 0.1) is 4.77 Å². The minimum absolute atomic E-state index is 0.284. The Balaban J connectivity index is 1.76. The summed E-state index contributed by atoms with van der Waals surface area (Å²) < 4.78 is 14.6. The Bertz CT molecular complexity index is 1070. The van der Waals surface area contributed by atoms with Crippen LogP contribution in [0.4, 0.5) is 0 Å². The van der Waals surface area contributed by atoms with E-state index < -0.39 is 0 Å². The maximum Gasteiger partial charge on any atom is 0.214 e.